The number of hydrogen-bond acceptors (Lipinski definition) is 11. The highest BCUT2D eigenvalue weighted by Crippen LogP contribution is 2.32. The number of fused-ring (bicyclic) bond motifs is 1. The van der Waals surface area contributed by atoms with Gasteiger partial charge in [0.15, 0.2) is 11.6 Å². The third-order valence-electron chi connectivity index (χ3n) is 6.31. The molecule has 0 atom stereocenters. The number of carbonyl (C=O) groups excluding carboxylic acids is 2. The van der Waals surface area contributed by atoms with E-state index in [0.29, 0.717) is 66.2 Å². The largest absolute Gasteiger partial charge is 0.494 e. The second-order valence-corrected chi connectivity index (χ2v) is 8.53. The highest BCUT2D eigenvalue weighted by molar-refractivity contribution is 6.45. The number of methoxy groups -OCH3 is 1. The first-order chi connectivity index (χ1) is 18.5. The minimum atomic E-state index is -0.645. The topological polar surface area (TPSA) is 166 Å². The number of pyridine rings is 2. The number of aromatic nitrogens is 10. The SMILES string of the molecule is COc1cnc(-n2cnc(C)n2)c2[nH]cc(C(=O)C(=O)N3CCN(c4nnnn4-c4ccccn4)CC3)c12. The molecule has 1 aliphatic rings. The minimum absolute atomic E-state index is 0.198. The number of tetrazole rings is 1. The number of nitrogens with zero attached hydrogens (tertiary/aromatic N) is 11. The van der Waals surface area contributed by atoms with E-state index in [0.717, 1.165) is 0 Å². The summed E-state index contributed by atoms with van der Waals surface area (Å²) in [5.41, 5.74) is 0.709. The predicted molar refractivity (Wildman–Crippen MR) is 132 cm³/mol. The Labute approximate surface area is 215 Å². The molecular formula is C23H22N12O3. The van der Waals surface area contributed by atoms with E-state index in [9.17, 15) is 9.59 Å². The van der Waals surface area contributed by atoms with Crippen LogP contribution in [0.25, 0.3) is 22.5 Å². The lowest BCUT2D eigenvalue weighted by atomic mass is 10.1. The van der Waals surface area contributed by atoms with Gasteiger partial charge in [0, 0.05) is 38.6 Å². The summed E-state index contributed by atoms with van der Waals surface area (Å²) in [6, 6.07) is 5.46. The second kappa shape index (κ2) is 9.34. The molecule has 0 spiro atoms. The Bertz CT molecular complexity index is 1630. The van der Waals surface area contributed by atoms with Crippen molar-refractivity contribution in [3.8, 4) is 17.4 Å². The Morgan fingerprint density at radius 2 is 1.92 bits per heavy atom. The number of aromatic amines is 1. The first-order valence-corrected chi connectivity index (χ1v) is 11.8. The molecule has 192 valence electrons. The molecule has 6 heterocycles. The number of Topliss-reactive ketones (excluding diaryl/α,β-unsaturated/α-hetero) is 1. The second-order valence-electron chi connectivity index (χ2n) is 8.53. The molecule has 0 saturated carbocycles. The molecule has 1 fully saturated rings. The van der Waals surface area contributed by atoms with Gasteiger partial charge in [-0.3, -0.25) is 9.59 Å². The molecule has 0 bridgehead atoms. The summed E-state index contributed by atoms with van der Waals surface area (Å²) in [6.45, 7) is 3.30. The van der Waals surface area contributed by atoms with E-state index < -0.39 is 11.7 Å². The van der Waals surface area contributed by atoms with Gasteiger partial charge in [0.1, 0.15) is 17.9 Å². The van der Waals surface area contributed by atoms with Gasteiger partial charge in [-0.05, 0) is 29.5 Å². The average Bonchev–Trinajstić information content (AvgIpc) is 3.72. The van der Waals surface area contributed by atoms with Crippen molar-refractivity contribution in [2.75, 3.05) is 38.2 Å². The molecule has 0 aromatic carbocycles. The summed E-state index contributed by atoms with van der Waals surface area (Å²) >= 11 is 0. The minimum Gasteiger partial charge on any atom is -0.494 e. The predicted octanol–water partition coefficient (Wildman–Crippen LogP) is 0.363. The Morgan fingerprint density at radius 1 is 1.08 bits per heavy atom. The summed E-state index contributed by atoms with van der Waals surface area (Å²) in [5.74, 6) is 1.23. The first-order valence-electron chi connectivity index (χ1n) is 11.8. The molecule has 15 heteroatoms. The van der Waals surface area contributed by atoms with Gasteiger partial charge in [0.25, 0.3) is 17.6 Å². The number of H-pyrrole nitrogens is 1. The Morgan fingerprint density at radius 3 is 2.63 bits per heavy atom. The third-order valence-corrected chi connectivity index (χ3v) is 6.31. The number of piperazine rings is 1. The Balaban J connectivity index is 1.22. The normalized spacial score (nSPS) is 13.7. The molecule has 1 saturated heterocycles. The fourth-order valence-electron chi connectivity index (χ4n) is 4.44. The van der Waals surface area contributed by atoms with Crippen LogP contribution in [0.15, 0.2) is 43.1 Å². The molecule has 1 aliphatic heterocycles. The van der Waals surface area contributed by atoms with Crippen molar-refractivity contribution < 1.29 is 14.3 Å². The van der Waals surface area contributed by atoms with Gasteiger partial charge in [-0.2, -0.15) is 9.78 Å². The lowest BCUT2D eigenvalue weighted by Gasteiger charge is -2.34. The first kappa shape index (κ1) is 23.2. The van der Waals surface area contributed by atoms with Crippen LogP contribution in [0, 0.1) is 6.92 Å². The number of aryl methyl sites for hydroxylation is 1. The molecule has 0 aliphatic carbocycles. The van der Waals surface area contributed by atoms with Gasteiger partial charge < -0.3 is 19.5 Å². The zero-order valence-electron chi connectivity index (χ0n) is 20.5. The van der Waals surface area contributed by atoms with Crippen LogP contribution in [0.1, 0.15) is 16.2 Å². The van der Waals surface area contributed by atoms with Gasteiger partial charge in [-0.1, -0.05) is 11.2 Å². The maximum atomic E-state index is 13.4. The smallest absolute Gasteiger partial charge is 0.295 e. The fourth-order valence-corrected chi connectivity index (χ4v) is 4.44. The van der Waals surface area contributed by atoms with E-state index >= 15 is 0 Å². The number of ketones is 1. The van der Waals surface area contributed by atoms with E-state index in [1.165, 1.54) is 35.4 Å². The van der Waals surface area contributed by atoms with Gasteiger partial charge in [-0.25, -0.2) is 19.6 Å². The molecular weight excluding hydrogens is 492 g/mol. The summed E-state index contributed by atoms with van der Waals surface area (Å²) in [7, 11) is 1.48. The molecule has 0 unspecified atom stereocenters. The number of amides is 1. The van der Waals surface area contributed by atoms with Crippen molar-refractivity contribution in [3.05, 3.63) is 54.5 Å². The van der Waals surface area contributed by atoms with Crippen molar-refractivity contribution in [1.29, 1.82) is 0 Å². The van der Waals surface area contributed by atoms with Crippen LogP contribution >= 0.6 is 0 Å². The maximum absolute atomic E-state index is 13.4. The monoisotopic (exact) mass is 514 g/mol. The van der Waals surface area contributed by atoms with E-state index in [2.05, 4.69) is 40.6 Å². The third kappa shape index (κ3) is 3.89. The van der Waals surface area contributed by atoms with Crippen LogP contribution in [0.2, 0.25) is 0 Å². The van der Waals surface area contributed by atoms with Crippen LogP contribution in [0.4, 0.5) is 5.95 Å². The van der Waals surface area contributed by atoms with Crippen LogP contribution < -0.4 is 9.64 Å². The number of ether oxygens (including phenoxy) is 1. The summed E-state index contributed by atoms with van der Waals surface area (Å²) in [5, 5.41) is 16.7. The average molecular weight is 515 g/mol. The molecule has 0 radical (unpaired) electrons. The molecule has 5 aromatic rings. The molecule has 5 aromatic heterocycles. The van der Waals surface area contributed by atoms with Gasteiger partial charge in [0.2, 0.25) is 0 Å². The number of carbonyl (C=O) groups is 2. The van der Waals surface area contributed by atoms with Gasteiger partial charge in [0.05, 0.1) is 29.8 Å². The van der Waals surface area contributed by atoms with E-state index in [-0.39, 0.29) is 5.56 Å². The molecule has 1 N–H and O–H groups in total. The van der Waals surface area contributed by atoms with Crippen molar-refractivity contribution in [2.45, 2.75) is 6.92 Å². The zero-order chi connectivity index (χ0) is 26.2. The zero-order valence-corrected chi connectivity index (χ0v) is 20.5. The van der Waals surface area contributed by atoms with Crippen molar-refractivity contribution in [3.63, 3.8) is 0 Å². The molecule has 6 rings (SSSR count). The van der Waals surface area contributed by atoms with Crippen molar-refractivity contribution >= 4 is 28.5 Å². The van der Waals surface area contributed by atoms with Crippen molar-refractivity contribution in [1.82, 2.24) is 54.8 Å². The highest BCUT2D eigenvalue weighted by atomic mass is 16.5. The molecule has 15 nitrogen and oxygen atoms in total. The Kier molecular flexibility index (Phi) is 5.71. The quantitative estimate of drug-likeness (QED) is 0.246. The standard InChI is InChI=1S/C23H22N12O3/c1-14-27-13-34(29-14)21-19-18(16(38-2)12-26-21)15(11-25-19)20(36)22(37)32-7-9-33(10-8-32)23-28-30-31-35(23)17-5-3-4-6-24-17/h3-6,11-13,25H,7-10H2,1-2H3. The van der Waals surface area contributed by atoms with Gasteiger partial charge >= 0.3 is 0 Å². The molecule has 1 amide bonds. The Hall–Kier alpha value is -5.21. The number of anilines is 1. The van der Waals surface area contributed by atoms with E-state index in [1.807, 2.05) is 17.0 Å². The van der Waals surface area contributed by atoms with E-state index in [1.54, 1.807) is 23.9 Å². The maximum Gasteiger partial charge on any atom is 0.295 e. The highest BCUT2D eigenvalue weighted by Gasteiger charge is 2.31. The fraction of sp³-hybridized carbons (Fsp3) is 0.261. The van der Waals surface area contributed by atoms with Crippen LogP contribution in [0.3, 0.4) is 0 Å². The molecule has 38 heavy (non-hydrogen) atoms. The van der Waals surface area contributed by atoms with Crippen molar-refractivity contribution in [2.24, 2.45) is 0 Å². The number of rotatable bonds is 6. The lowest BCUT2D eigenvalue weighted by Crippen LogP contribution is -2.51. The van der Waals surface area contributed by atoms with Crippen LogP contribution in [-0.2, 0) is 4.79 Å². The van der Waals surface area contributed by atoms with E-state index in [4.69, 9.17) is 4.74 Å². The summed E-state index contributed by atoms with van der Waals surface area (Å²) in [4.78, 5) is 46.1. The van der Waals surface area contributed by atoms with Crippen LogP contribution in [-0.4, -0.2) is 99.8 Å². The summed E-state index contributed by atoms with van der Waals surface area (Å²) < 4.78 is 8.51. The number of nitrogens with one attached hydrogen (secondary N) is 1. The lowest BCUT2D eigenvalue weighted by molar-refractivity contribution is -0.126. The van der Waals surface area contributed by atoms with Crippen LogP contribution in [0.5, 0.6) is 5.75 Å². The van der Waals surface area contributed by atoms with Gasteiger partial charge in [-0.15, -0.1) is 0 Å². The summed E-state index contributed by atoms with van der Waals surface area (Å²) in [6.07, 6.45) is 6.18. The number of hydrogen-bond donors (Lipinski definition) is 1.